The molecule has 0 fully saturated rings. The summed E-state index contributed by atoms with van der Waals surface area (Å²) in [5.74, 6) is -1.88. The van der Waals surface area contributed by atoms with Crippen LogP contribution in [0, 0.1) is 28.8 Å². The van der Waals surface area contributed by atoms with Gasteiger partial charge in [-0.1, -0.05) is 6.07 Å². The van der Waals surface area contributed by atoms with Gasteiger partial charge >= 0.3 is 0 Å². The highest BCUT2D eigenvalue weighted by Gasteiger charge is 2.11. The number of hydrogen-bond donors (Lipinski definition) is 2. The van der Waals surface area contributed by atoms with Gasteiger partial charge in [0, 0.05) is 12.1 Å². The van der Waals surface area contributed by atoms with E-state index in [2.05, 4.69) is 15.6 Å². The van der Waals surface area contributed by atoms with E-state index in [0.717, 1.165) is 12.1 Å². The molecule has 0 bridgehead atoms. The zero-order chi connectivity index (χ0) is 19.1. The Kier molecular flexibility index (Phi) is 9.08. The lowest BCUT2D eigenvalue weighted by atomic mass is 10.1. The number of rotatable bonds is 5. The number of aliphatic imine (C=N–C) groups is 1. The van der Waals surface area contributed by atoms with Crippen molar-refractivity contribution in [2.75, 3.05) is 6.54 Å². The van der Waals surface area contributed by atoms with Gasteiger partial charge in [0.25, 0.3) is 0 Å². The standard InChI is InChI=1S/C19H19F3N4.HI/c1-3-24-19(25-11-15-8-13(10-23)4-6-16(15)20)26-12(2)14-5-7-17(21)18(22)9-14;/h4-9,12H,3,11H2,1-2H3,(H2,24,25,26);1H. The summed E-state index contributed by atoms with van der Waals surface area (Å²) >= 11 is 0. The number of nitrogens with zero attached hydrogens (tertiary/aromatic N) is 2. The Balaban J connectivity index is 0.00000364. The van der Waals surface area contributed by atoms with Crippen molar-refractivity contribution in [3.8, 4) is 6.07 Å². The average molecular weight is 488 g/mol. The molecule has 2 N–H and O–H groups in total. The molecular weight excluding hydrogens is 468 g/mol. The lowest BCUT2D eigenvalue weighted by Gasteiger charge is -2.18. The lowest BCUT2D eigenvalue weighted by molar-refractivity contribution is 0.504. The van der Waals surface area contributed by atoms with Gasteiger partial charge in [-0.15, -0.1) is 24.0 Å². The molecule has 0 aromatic heterocycles. The molecule has 0 amide bonds. The van der Waals surface area contributed by atoms with Crippen LogP contribution in [-0.4, -0.2) is 12.5 Å². The maximum absolute atomic E-state index is 13.9. The van der Waals surface area contributed by atoms with E-state index in [0.29, 0.717) is 29.2 Å². The minimum Gasteiger partial charge on any atom is -0.357 e. The summed E-state index contributed by atoms with van der Waals surface area (Å²) in [6.07, 6.45) is 0. The average Bonchev–Trinajstić information content (AvgIpc) is 2.63. The maximum atomic E-state index is 13.9. The first-order valence-electron chi connectivity index (χ1n) is 8.13. The highest BCUT2D eigenvalue weighted by atomic mass is 127. The second kappa shape index (κ2) is 10.8. The summed E-state index contributed by atoms with van der Waals surface area (Å²) in [6.45, 7) is 4.24. The van der Waals surface area contributed by atoms with Crippen LogP contribution in [0.2, 0.25) is 0 Å². The third-order valence-corrected chi connectivity index (χ3v) is 3.72. The van der Waals surface area contributed by atoms with Crippen LogP contribution < -0.4 is 10.6 Å². The van der Waals surface area contributed by atoms with Crippen LogP contribution in [0.3, 0.4) is 0 Å². The summed E-state index contributed by atoms with van der Waals surface area (Å²) < 4.78 is 40.3. The summed E-state index contributed by atoms with van der Waals surface area (Å²) in [6, 6.07) is 9.35. The van der Waals surface area contributed by atoms with Gasteiger partial charge < -0.3 is 10.6 Å². The van der Waals surface area contributed by atoms with Crippen LogP contribution >= 0.6 is 24.0 Å². The van der Waals surface area contributed by atoms with Crippen LogP contribution in [0.15, 0.2) is 41.4 Å². The van der Waals surface area contributed by atoms with Crippen molar-refractivity contribution in [1.82, 2.24) is 10.6 Å². The molecule has 27 heavy (non-hydrogen) atoms. The first-order valence-corrected chi connectivity index (χ1v) is 8.13. The van der Waals surface area contributed by atoms with Gasteiger partial charge in [-0.25, -0.2) is 18.2 Å². The lowest BCUT2D eigenvalue weighted by Crippen LogP contribution is -2.38. The quantitative estimate of drug-likeness (QED) is 0.373. The van der Waals surface area contributed by atoms with Gasteiger partial charge in [-0.3, -0.25) is 0 Å². The van der Waals surface area contributed by atoms with E-state index in [4.69, 9.17) is 5.26 Å². The Morgan fingerprint density at radius 1 is 1.11 bits per heavy atom. The molecule has 2 rings (SSSR count). The van der Waals surface area contributed by atoms with Crippen LogP contribution in [0.25, 0.3) is 0 Å². The van der Waals surface area contributed by atoms with E-state index in [9.17, 15) is 13.2 Å². The fourth-order valence-corrected chi connectivity index (χ4v) is 2.32. The minimum absolute atomic E-state index is 0. The van der Waals surface area contributed by atoms with Crippen molar-refractivity contribution in [3.05, 3.63) is 70.5 Å². The van der Waals surface area contributed by atoms with E-state index in [1.54, 1.807) is 6.92 Å². The number of hydrogen-bond acceptors (Lipinski definition) is 2. The van der Waals surface area contributed by atoms with Crippen LogP contribution in [0.5, 0.6) is 0 Å². The summed E-state index contributed by atoms with van der Waals surface area (Å²) in [7, 11) is 0. The normalized spacial score (nSPS) is 11.9. The van der Waals surface area contributed by atoms with Crippen molar-refractivity contribution in [2.24, 2.45) is 4.99 Å². The summed E-state index contributed by atoms with van der Waals surface area (Å²) in [5, 5.41) is 15.0. The van der Waals surface area contributed by atoms with E-state index in [1.807, 2.05) is 13.0 Å². The molecule has 0 saturated heterocycles. The molecule has 1 unspecified atom stereocenters. The molecular formula is C19H20F3IN4. The topological polar surface area (TPSA) is 60.2 Å². The summed E-state index contributed by atoms with van der Waals surface area (Å²) in [4.78, 5) is 4.30. The number of nitrogens with one attached hydrogen (secondary N) is 2. The Morgan fingerprint density at radius 3 is 2.44 bits per heavy atom. The van der Waals surface area contributed by atoms with Crippen molar-refractivity contribution < 1.29 is 13.2 Å². The number of benzene rings is 2. The van der Waals surface area contributed by atoms with Gasteiger partial charge in [-0.05, 0) is 49.7 Å². The Hall–Kier alpha value is -2.28. The van der Waals surface area contributed by atoms with Gasteiger partial charge in [0.05, 0.1) is 24.2 Å². The molecule has 1 atom stereocenters. The van der Waals surface area contributed by atoms with Crippen molar-refractivity contribution in [1.29, 1.82) is 5.26 Å². The molecule has 0 radical (unpaired) electrons. The fourth-order valence-electron chi connectivity index (χ4n) is 2.32. The molecule has 2 aromatic carbocycles. The third-order valence-electron chi connectivity index (χ3n) is 3.72. The Bertz CT molecular complexity index is 849. The first kappa shape index (κ1) is 22.8. The van der Waals surface area contributed by atoms with Crippen LogP contribution in [-0.2, 0) is 6.54 Å². The van der Waals surface area contributed by atoms with Crippen molar-refractivity contribution in [2.45, 2.75) is 26.4 Å². The largest absolute Gasteiger partial charge is 0.357 e. The monoisotopic (exact) mass is 488 g/mol. The van der Waals surface area contributed by atoms with Crippen LogP contribution in [0.1, 0.15) is 36.6 Å². The van der Waals surface area contributed by atoms with Gasteiger partial charge in [0.1, 0.15) is 5.82 Å². The third kappa shape index (κ3) is 6.43. The summed E-state index contributed by atoms with van der Waals surface area (Å²) in [5.41, 5.74) is 1.19. The predicted molar refractivity (Wildman–Crippen MR) is 109 cm³/mol. The van der Waals surface area contributed by atoms with E-state index in [1.165, 1.54) is 24.3 Å². The number of guanidine groups is 1. The SMILES string of the molecule is CCNC(=NCc1cc(C#N)ccc1F)NC(C)c1ccc(F)c(F)c1.I. The van der Waals surface area contributed by atoms with Gasteiger partial charge in [0.2, 0.25) is 0 Å². The first-order chi connectivity index (χ1) is 12.4. The zero-order valence-corrected chi connectivity index (χ0v) is 17.2. The highest BCUT2D eigenvalue weighted by molar-refractivity contribution is 14.0. The van der Waals surface area contributed by atoms with E-state index in [-0.39, 0.29) is 36.6 Å². The maximum Gasteiger partial charge on any atom is 0.192 e. The van der Waals surface area contributed by atoms with Gasteiger partial charge in [0.15, 0.2) is 17.6 Å². The Morgan fingerprint density at radius 2 is 1.81 bits per heavy atom. The molecule has 0 spiro atoms. The van der Waals surface area contributed by atoms with Crippen LogP contribution in [0.4, 0.5) is 13.2 Å². The zero-order valence-electron chi connectivity index (χ0n) is 14.9. The second-order valence-corrected chi connectivity index (χ2v) is 5.65. The number of nitriles is 1. The molecule has 0 aliphatic heterocycles. The number of halogens is 4. The molecule has 8 heteroatoms. The Labute approximate surface area is 173 Å². The molecule has 0 aliphatic rings. The predicted octanol–water partition coefficient (Wildman–Crippen LogP) is 4.41. The molecule has 0 saturated carbocycles. The highest BCUT2D eigenvalue weighted by Crippen LogP contribution is 2.16. The fraction of sp³-hybridized carbons (Fsp3) is 0.263. The van der Waals surface area contributed by atoms with Crippen molar-refractivity contribution in [3.63, 3.8) is 0 Å². The van der Waals surface area contributed by atoms with Gasteiger partial charge in [-0.2, -0.15) is 5.26 Å². The molecule has 4 nitrogen and oxygen atoms in total. The molecule has 0 aliphatic carbocycles. The molecule has 0 heterocycles. The minimum atomic E-state index is -0.923. The molecule has 2 aromatic rings. The van der Waals surface area contributed by atoms with E-state index >= 15 is 0 Å². The smallest absolute Gasteiger partial charge is 0.192 e. The second-order valence-electron chi connectivity index (χ2n) is 5.65. The molecule has 144 valence electrons. The van der Waals surface area contributed by atoms with Crippen molar-refractivity contribution >= 4 is 29.9 Å². The van der Waals surface area contributed by atoms with E-state index < -0.39 is 17.5 Å².